The summed E-state index contributed by atoms with van der Waals surface area (Å²) in [5.41, 5.74) is 1.61. The van der Waals surface area contributed by atoms with Gasteiger partial charge in [-0.2, -0.15) is 0 Å². The highest BCUT2D eigenvalue weighted by Crippen LogP contribution is 2.26. The van der Waals surface area contributed by atoms with Crippen molar-refractivity contribution in [1.29, 1.82) is 0 Å². The van der Waals surface area contributed by atoms with E-state index in [0.29, 0.717) is 27.7 Å². The number of anilines is 1. The first-order valence-electron chi connectivity index (χ1n) is 9.63. The average molecular weight is 450 g/mol. The maximum atomic E-state index is 13.6. The smallest absolute Gasteiger partial charge is 0.272 e. The van der Waals surface area contributed by atoms with Gasteiger partial charge < -0.3 is 25.2 Å². The number of hydrogen-bond acceptors (Lipinski definition) is 8. The van der Waals surface area contributed by atoms with Crippen LogP contribution in [0.3, 0.4) is 0 Å². The van der Waals surface area contributed by atoms with E-state index in [1.165, 1.54) is 29.4 Å². The Labute approximate surface area is 182 Å². The van der Waals surface area contributed by atoms with Crippen molar-refractivity contribution in [3.05, 3.63) is 52.2 Å². The predicted molar refractivity (Wildman–Crippen MR) is 110 cm³/mol. The molecule has 1 aromatic heterocycles. The van der Waals surface area contributed by atoms with E-state index in [4.69, 9.17) is 16.3 Å². The van der Waals surface area contributed by atoms with Crippen molar-refractivity contribution < 1.29 is 24.1 Å². The van der Waals surface area contributed by atoms with Gasteiger partial charge in [0, 0.05) is 18.6 Å². The number of benzene rings is 1. The number of nitrogens with zero attached hydrogens (tertiary/aromatic N) is 4. The molecule has 0 saturated carbocycles. The fourth-order valence-corrected chi connectivity index (χ4v) is 3.74. The zero-order valence-electron chi connectivity index (χ0n) is 16.6. The van der Waals surface area contributed by atoms with Crippen LogP contribution in [0.15, 0.2) is 29.5 Å². The number of fused-ring (bicyclic) bond motifs is 1. The van der Waals surface area contributed by atoms with Gasteiger partial charge in [0.2, 0.25) is 0 Å². The van der Waals surface area contributed by atoms with Crippen LogP contribution in [-0.2, 0) is 22.6 Å². The summed E-state index contributed by atoms with van der Waals surface area (Å²) in [6, 6.07) is 3.35. The minimum Gasteiger partial charge on any atom is -0.388 e. The lowest BCUT2D eigenvalue weighted by Crippen LogP contribution is -2.51. The number of aliphatic hydroxyl groups is 2. The molecule has 1 fully saturated rings. The number of likely N-dealkylation sites (N-methyl/N-ethyl adjacent to an activating group) is 1. The van der Waals surface area contributed by atoms with Gasteiger partial charge in [-0.1, -0.05) is 11.6 Å². The molecule has 1 aromatic carbocycles. The SMILES string of the molecule is CN(Cc1cc(F)ccc1Cl)C(=O)C1=NCc2ncnc(N[C@@H]3COC[C@@H](O)[C@H]3O)c21. The van der Waals surface area contributed by atoms with Gasteiger partial charge in [0.05, 0.1) is 37.1 Å². The lowest BCUT2D eigenvalue weighted by molar-refractivity contribution is -0.123. The van der Waals surface area contributed by atoms with Crippen molar-refractivity contribution >= 4 is 29.0 Å². The molecule has 0 radical (unpaired) electrons. The number of ether oxygens (including phenoxy) is 1. The molecule has 3 heterocycles. The highest BCUT2D eigenvalue weighted by atomic mass is 35.5. The molecule has 1 amide bonds. The van der Waals surface area contributed by atoms with Gasteiger partial charge in [-0.15, -0.1) is 0 Å². The minimum absolute atomic E-state index is 0.0415. The summed E-state index contributed by atoms with van der Waals surface area (Å²) in [7, 11) is 1.57. The number of halogens is 2. The summed E-state index contributed by atoms with van der Waals surface area (Å²) < 4.78 is 18.9. The van der Waals surface area contributed by atoms with Crippen molar-refractivity contribution in [3.8, 4) is 0 Å². The van der Waals surface area contributed by atoms with Crippen LogP contribution in [0.25, 0.3) is 0 Å². The topological polar surface area (TPSA) is 120 Å². The van der Waals surface area contributed by atoms with Crippen LogP contribution in [0.5, 0.6) is 0 Å². The van der Waals surface area contributed by atoms with Gasteiger partial charge in [0.25, 0.3) is 5.91 Å². The molecule has 0 spiro atoms. The van der Waals surface area contributed by atoms with Gasteiger partial charge >= 0.3 is 0 Å². The molecule has 31 heavy (non-hydrogen) atoms. The van der Waals surface area contributed by atoms with E-state index < -0.39 is 30.0 Å². The van der Waals surface area contributed by atoms with Crippen LogP contribution >= 0.6 is 11.6 Å². The maximum Gasteiger partial charge on any atom is 0.272 e. The fraction of sp³-hybridized carbons (Fsp3) is 0.400. The third-order valence-electron chi connectivity index (χ3n) is 5.23. The quantitative estimate of drug-likeness (QED) is 0.616. The van der Waals surface area contributed by atoms with Crippen LogP contribution in [0.4, 0.5) is 10.2 Å². The first kappa shape index (κ1) is 21.6. The average Bonchev–Trinajstić information content (AvgIpc) is 3.18. The standard InChI is InChI=1S/C20H21ClFN5O4/c1-27(6-10-4-11(22)2-3-12(10)21)20(30)17-16-13(5-23-17)24-9-25-19(16)26-14-7-31-8-15(28)18(14)29/h2-4,9,14-15,18,28-29H,5-8H2,1H3,(H,24,25,26)/t14-,15-,18+/m1/s1. The predicted octanol–water partition coefficient (Wildman–Crippen LogP) is 0.763. The van der Waals surface area contributed by atoms with Crippen LogP contribution in [0.2, 0.25) is 5.02 Å². The Balaban J connectivity index is 1.56. The normalized spacial score (nSPS) is 22.6. The number of amides is 1. The molecule has 4 rings (SSSR count). The van der Waals surface area contributed by atoms with Crippen molar-refractivity contribution in [2.75, 3.05) is 25.6 Å². The molecule has 2 aliphatic rings. The second-order valence-corrected chi connectivity index (χ2v) is 7.86. The number of hydrogen-bond donors (Lipinski definition) is 3. The maximum absolute atomic E-state index is 13.6. The van der Waals surface area contributed by atoms with Crippen LogP contribution in [-0.4, -0.2) is 75.2 Å². The van der Waals surface area contributed by atoms with E-state index in [-0.39, 0.29) is 32.0 Å². The lowest BCUT2D eigenvalue weighted by atomic mass is 10.0. The molecule has 3 N–H and O–H groups in total. The van der Waals surface area contributed by atoms with Gasteiger partial charge in [-0.05, 0) is 23.8 Å². The fourth-order valence-electron chi connectivity index (χ4n) is 3.56. The Bertz CT molecular complexity index is 1040. The van der Waals surface area contributed by atoms with E-state index in [2.05, 4.69) is 20.3 Å². The number of carbonyl (C=O) groups is 1. The molecule has 9 nitrogen and oxygen atoms in total. The van der Waals surface area contributed by atoms with E-state index >= 15 is 0 Å². The summed E-state index contributed by atoms with van der Waals surface area (Å²) in [6.45, 7) is 0.491. The van der Waals surface area contributed by atoms with Gasteiger partial charge in [-0.25, -0.2) is 14.4 Å². The summed E-state index contributed by atoms with van der Waals surface area (Å²) in [5.74, 6) is -0.537. The molecule has 0 aliphatic carbocycles. The number of aliphatic hydroxyl groups excluding tert-OH is 2. The minimum atomic E-state index is -1.06. The molecule has 0 unspecified atom stereocenters. The monoisotopic (exact) mass is 449 g/mol. The van der Waals surface area contributed by atoms with E-state index in [9.17, 15) is 19.4 Å². The lowest BCUT2D eigenvalue weighted by Gasteiger charge is -2.33. The summed E-state index contributed by atoms with van der Waals surface area (Å²) >= 11 is 6.12. The van der Waals surface area contributed by atoms with Crippen LogP contribution in [0.1, 0.15) is 16.8 Å². The number of rotatable bonds is 5. The largest absolute Gasteiger partial charge is 0.388 e. The van der Waals surface area contributed by atoms with Crippen molar-refractivity contribution in [1.82, 2.24) is 14.9 Å². The Kier molecular flexibility index (Phi) is 6.15. The first-order valence-corrected chi connectivity index (χ1v) is 10.0. The van der Waals surface area contributed by atoms with Gasteiger partial charge in [0.15, 0.2) is 0 Å². The molecule has 2 aromatic rings. The van der Waals surface area contributed by atoms with Crippen molar-refractivity contribution in [2.24, 2.45) is 4.99 Å². The van der Waals surface area contributed by atoms with E-state index in [1.807, 2.05) is 0 Å². The van der Waals surface area contributed by atoms with Crippen molar-refractivity contribution in [2.45, 2.75) is 31.3 Å². The molecule has 1 saturated heterocycles. The van der Waals surface area contributed by atoms with E-state index in [1.54, 1.807) is 7.05 Å². The van der Waals surface area contributed by atoms with E-state index in [0.717, 1.165) is 0 Å². The number of aliphatic imine (C=N–C) groups is 1. The molecule has 11 heteroatoms. The Morgan fingerprint density at radius 1 is 1.35 bits per heavy atom. The zero-order chi connectivity index (χ0) is 22.1. The summed E-state index contributed by atoms with van der Waals surface area (Å²) in [4.78, 5) is 27.3. The van der Waals surface area contributed by atoms with Crippen LogP contribution < -0.4 is 5.32 Å². The zero-order valence-corrected chi connectivity index (χ0v) is 17.4. The molecular formula is C20H21ClFN5O4. The Morgan fingerprint density at radius 2 is 2.16 bits per heavy atom. The number of nitrogens with one attached hydrogen (secondary N) is 1. The molecule has 3 atom stereocenters. The second-order valence-electron chi connectivity index (χ2n) is 7.45. The molecule has 164 valence electrons. The second kappa shape index (κ2) is 8.83. The molecule has 2 aliphatic heterocycles. The first-order chi connectivity index (χ1) is 14.8. The highest BCUT2D eigenvalue weighted by molar-refractivity contribution is 6.47. The Morgan fingerprint density at radius 3 is 2.97 bits per heavy atom. The molecule has 0 bridgehead atoms. The number of carbonyl (C=O) groups excluding carboxylic acids is 1. The Hall–Kier alpha value is -2.66. The van der Waals surface area contributed by atoms with Crippen molar-refractivity contribution in [3.63, 3.8) is 0 Å². The summed E-state index contributed by atoms with van der Waals surface area (Å²) in [6.07, 6.45) is -0.750. The van der Waals surface area contributed by atoms with Gasteiger partial charge in [-0.3, -0.25) is 9.79 Å². The number of aromatic nitrogens is 2. The highest BCUT2D eigenvalue weighted by Gasteiger charge is 2.35. The third kappa shape index (κ3) is 4.38. The van der Waals surface area contributed by atoms with Gasteiger partial charge in [0.1, 0.15) is 35.9 Å². The summed E-state index contributed by atoms with van der Waals surface area (Å²) in [5, 5.41) is 23.5. The van der Waals surface area contributed by atoms with Crippen LogP contribution in [0, 0.1) is 5.82 Å². The molecular weight excluding hydrogens is 429 g/mol. The third-order valence-corrected chi connectivity index (χ3v) is 5.60.